The molecule has 1 saturated heterocycles. The minimum atomic E-state index is -4.53. The van der Waals surface area contributed by atoms with Crippen LogP contribution < -0.4 is 4.90 Å². The highest BCUT2D eigenvalue weighted by Gasteiger charge is 2.32. The number of halogens is 3. The topological polar surface area (TPSA) is 40.5 Å². The summed E-state index contributed by atoms with van der Waals surface area (Å²) in [5.74, 6) is -1.32. The van der Waals surface area contributed by atoms with Crippen molar-refractivity contribution in [3.8, 4) is 0 Å². The van der Waals surface area contributed by atoms with Gasteiger partial charge in [0.05, 0.1) is 16.8 Å². The molecule has 1 aromatic rings. The molecule has 110 valence electrons. The Hall–Kier alpha value is -1.72. The van der Waals surface area contributed by atoms with Gasteiger partial charge >= 0.3 is 12.1 Å². The van der Waals surface area contributed by atoms with Crippen LogP contribution in [0.3, 0.4) is 0 Å². The molecule has 0 aliphatic carbocycles. The first-order valence-electron chi connectivity index (χ1n) is 6.59. The maximum Gasteiger partial charge on any atom is 0.416 e. The van der Waals surface area contributed by atoms with Gasteiger partial charge in [-0.15, -0.1) is 0 Å². The van der Waals surface area contributed by atoms with Crippen LogP contribution in [0.4, 0.5) is 18.9 Å². The fraction of sp³-hybridized carbons (Fsp3) is 0.500. The summed E-state index contributed by atoms with van der Waals surface area (Å²) in [6, 6.07) is 2.95. The quantitative estimate of drug-likeness (QED) is 0.899. The van der Waals surface area contributed by atoms with Crippen LogP contribution in [0.1, 0.15) is 41.6 Å². The Morgan fingerprint density at radius 3 is 2.20 bits per heavy atom. The van der Waals surface area contributed by atoms with Crippen molar-refractivity contribution < 1.29 is 23.1 Å². The molecule has 1 aromatic carbocycles. The molecule has 0 aromatic heterocycles. The molecule has 0 bridgehead atoms. The number of rotatable bonds is 2. The van der Waals surface area contributed by atoms with Crippen molar-refractivity contribution in [2.45, 2.75) is 31.9 Å². The number of carboxylic acid groups (broad SMARTS) is 1. The first-order valence-corrected chi connectivity index (χ1v) is 6.59. The van der Waals surface area contributed by atoms with Crippen molar-refractivity contribution in [3.05, 3.63) is 29.3 Å². The maximum absolute atomic E-state index is 12.7. The minimum Gasteiger partial charge on any atom is -0.478 e. The molecule has 0 radical (unpaired) electrons. The number of hydrogen-bond acceptors (Lipinski definition) is 2. The van der Waals surface area contributed by atoms with E-state index in [1.54, 1.807) is 0 Å². The Balaban J connectivity index is 2.39. The van der Waals surface area contributed by atoms with E-state index >= 15 is 0 Å². The third-order valence-electron chi connectivity index (χ3n) is 3.50. The zero-order valence-electron chi connectivity index (χ0n) is 10.9. The summed E-state index contributed by atoms with van der Waals surface area (Å²) in [5.41, 5.74) is -0.817. The average molecular weight is 287 g/mol. The van der Waals surface area contributed by atoms with Crippen molar-refractivity contribution >= 4 is 11.7 Å². The summed E-state index contributed by atoms with van der Waals surface area (Å²) in [6.45, 7) is 1.37. The van der Waals surface area contributed by atoms with Crippen LogP contribution >= 0.6 is 0 Å². The van der Waals surface area contributed by atoms with Gasteiger partial charge in [0.1, 0.15) is 0 Å². The Bertz CT molecular complexity index is 492. The Kier molecular flexibility index (Phi) is 4.20. The normalized spacial score (nSPS) is 16.9. The number of carbonyl (C=O) groups is 1. The second-order valence-corrected chi connectivity index (χ2v) is 4.94. The molecule has 0 spiro atoms. The van der Waals surface area contributed by atoms with Gasteiger partial charge in [0, 0.05) is 13.1 Å². The van der Waals surface area contributed by atoms with Crippen molar-refractivity contribution in [2.24, 2.45) is 0 Å². The fourth-order valence-electron chi connectivity index (χ4n) is 2.47. The summed E-state index contributed by atoms with van der Waals surface area (Å²) >= 11 is 0. The lowest BCUT2D eigenvalue weighted by Crippen LogP contribution is -2.26. The summed E-state index contributed by atoms with van der Waals surface area (Å²) in [4.78, 5) is 13.1. The molecule has 0 unspecified atom stereocenters. The van der Waals surface area contributed by atoms with Gasteiger partial charge in [-0.05, 0) is 31.0 Å². The molecule has 1 aliphatic rings. The van der Waals surface area contributed by atoms with E-state index in [9.17, 15) is 18.0 Å². The van der Waals surface area contributed by atoms with E-state index in [-0.39, 0.29) is 5.56 Å². The van der Waals surface area contributed by atoms with E-state index in [2.05, 4.69) is 0 Å². The predicted molar refractivity (Wildman–Crippen MR) is 69.1 cm³/mol. The second-order valence-electron chi connectivity index (χ2n) is 4.94. The third kappa shape index (κ3) is 3.23. The predicted octanol–water partition coefficient (Wildman–Crippen LogP) is 3.78. The molecule has 2 rings (SSSR count). The highest BCUT2D eigenvalue weighted by molar-refractivity contribution is 5.94. The molecule has 0 saturated carbocycles. The van der Waals surface area contributed by atoms with Crippen molar-refractivity contribution in [1.29, 1.82) is 0 Å². The zero-order chi connectivity index (χ0) is 14.8. The number of hydrogen-bond donors (Lipinski definition) is 1. The summed E-state index contributed by atoms with van der Waals surface area (Å²) < 4.78 is 38.0. The van der Waals surface area contributed by atoms with E-state index in [0.717, 1.165) is 37.8 Å². The Morgan fingerprint density at radius 1 is 1.10 bits per heavy atom. The monoisotopic (exact) mass is 287 g/mol. The van der Waals surface area contributed by atoms with Gasteiger partial charge in [-0.2, -0.15) is 13.2 Å². The summed E-state index contributed by atoms with van der Waals surface area (Å²) in [6.07, 6.45) is -0.527. The molecule has 20 heavy (non-hydrogen) atoms. The molecule has 6 heteroatoms. The lowest BCUT2D eigenvalue weighted by molar-refractivity contribution is -0.137. The molecule has 1 fully saturated rings. The first kappa shape index (κ1) is 14.7. The van der Waals surface area contributed by atoms with E-state index in [1.165, 1.54) is 6.07 Å². The van der Waals surface area contributed by atoms with E-state index in [4.69, 9.17) is 5.11 Å². The number of carboxylic acids is 1. The number of aromatic carboxylic acids is 1. The maximum atomic E-state index is 12.7. The lowest BCUT2D eigenvalue weighted by atomic mass is 10.1. The summed E-state index contributed by atoms with van der Waals surface area (Å²) in [7, 11) is 0. The third-order valence-corrected chi connectivity index (χ3v) is 3.50. The Labute approximate surface area is 115 Å². The molecule has 0 atom stereocenters. The zero-order valence-corrected chi connectivity index (χ0v) is 10.9. The largest absolute Gasteiger partial charge is 0.478 e. The molecule has 1 N–H and O–H groups in total. The molecule has 1 aliphatic heterocycles. The van der Waals surface area contributed by atoms with Gasteiger partial charge in [0.25, 0.3) is 0 Å². The van der Waals surface area contributed by atoms with Crippen LogP contribution in [0.15, 0.2) is 18.2 Å². The van der Waals surface area contributed by atoms with Crippen molar-refractivity contribution in [3.63, 3.8) is 0 Å². The van der Waals surface area contributed by atoms with E-state index in [1.807, 2.05) is 4.90 Å². The fourth-order valence-corrected chi connectivity index (χ4v) is 2.47. The second kappa shape index (κ2) is 5.73. The standard InChI is InChI=1S/C14H16F3NO2/c15-14(16,17)10-5-6-12(11(9-10)13(19)20)18-7-3-1-2-4-8-18/h5-6,9H,1-4,7-8H2,(H,19,20). The van der Waals surface area contributed by atoms with E-state index < -0.39 is 17.7 Å². The minimum absolute atomic E-state index is 0.276. The van der Waals surface area contributed by atoms with Gasteiger partial charge in [0.2, 0.25) is 0 Å². The van der Waals surface area contributed by atoms with Crippen LogP contribution in [-0.2, 0) is 6.18 Å². The lowest BCUT2D eigenvalue weighted by Gasteiger charge is -2.25. The first-order chi connectivity index (χ1) is 9.39. The molecule has 1 heterocycles. The number of benzene rings is 1. The van der Waals surface area contributed by atoms with Crippen LogP contribution in [0.2, 0.25) is 0 Å². The molecular weight excluding hydrogens is 271 g/mol. The van der Waals surface area contributed by atoms with E-state index in [0.29, 0.717) is 18.8 Å². The Morgan fingerprint density at radius 2 is 1.70 bits per heavy atom. The van der Waals surface area contributed by atoms with Gasteiger partial charge in [-0.1, -0.05) is 12.8 Å². The van der Waals surface area contributed by atoms with Crippen LogP contribution in [0.5, 0.6) is 0 Å². The van der Waals surface area contributed by atoms with Crippen molar-refractivity contribution in [2.75, 3.05) is 18.0 Å². The highest BCUT2D eigenvalue weighted by atomic mass is 19.4. The van der Waals surface area contributed by atoms with Crippen LogP contribution in [-0.4, -0.2) is 24.2 Å². The van der Waals surface area contributed by atoms with Gasteiger partial charge in [-0.3, -0.25) is 0 Å². The molecular formula is C14H16F3NO2. The SMILES string of the molecule is O=C(O)c1cc(C(F)(F)F)ccc1N1CCCCCC1. The average Bonchev–Trinajstić information content (AvgIpc) is 2.65. The van der Waals surface area contributed by atoms with Crippen LogP contribution in [0.25, 0.3) is 0 Å². The van der Waals surface area contributed by atoms with Gasteiger partial charge in [-0.25, -0.2) is 4.79 Å². The van der Waals surface area contributed by atoms with Gasteiger partial charge in [0.15, 0.2) is 0 Å². The summed E-state index contributed by atoms with van der Waals surface area (Å²) in [5, 5.41) is 9.16. The smallest absolute Gasteiger partial charge is 0.416 e. The van der Waals surface area contributed by atoms with Crippen molar-refractivity contribution in [1.82, 2.24) is 0 Å². The highest BCUT2D eigenvalue weighted by Crippen LogP contribution is 2.33. The molecule has 3 nitrogen and oxygen atoms in total. The van der Waals surface area contributed by atoms with Crippen LogP contribution in [0, 0.1) is 0 Å². The van der Waals surface area contributed by atoms with Gasteiger partial charge < -0.3 is 10.0 Å². The molecule has 0 amide bonds. The number of nitrogens with zero attached hydrogens (tertiary/aromatic N) is 1. The number of alkyl halides is 3. The number of anilines is 1.